The van der Waals surface area contributed by atoms with Gasteiger partial charge in [0.1, 0.15) is 22.0 Å². The highest BCUT2D eigenvalue weighted by Gasteiger charge is 2.27. The number of likely N-dealkylation sites (N-methyl/N-ethyl adjacent to an activating group) is 1. The molecule has 0 amide bonds. The van der Waals surface area contributed by atoms with Gasteiger partial charge in [0, 0.05) is 76.5 Å². The fourth-order valence-electron chi connectivity index (χ4n) is 6.03. The Kier molecular flexibility index (Phi) is 9.32. The van der Waals surface area contributed by atoms with Gasteiger partial charge in [0.25, 0.3) is 0 Å². The number of rotatable bonds is 9. The summed E-state index contributed by atoms with van der Waals surface area (Å²) >= 11 is 6.51. The maximum Gasteiger partial charge on any atom is 0.232 e. The number of piperidine rings is 1. The molecule has 2 N–H and O–H groups in total. The molecule has 2 aromatic heterocycles. The summed E-state index contributed by atoms with van der Waals surface area (Å²) in [6, 6.07) is 10.2. The van der Waals surface area contributed by atoms with Gasteiger partial charge in [-0.3, -0.25) is 19.2 Å². The van der Waals surface area contributed by atoms with Crippen molar-refractivity contribution in [1.82, 2.24) is 29.7 Å². The molecule has 0 spiro atoms. The average molecular weight is 667 g/mol. The smallest absolute Gasteiger partial charge is 0.232 e. The number of benzene rings is 2. The molecule has 46 heavy (non-hydrogen) atoms. The summed E-state index contributed by atoms with van der Waals surface area (Å²) in [5.41, 5.74) is 3.53. The second-order valence-corrected chi connectivity index (χ2v) is 14.1. The van der Waals surface area contributed by atoms with E-state index in [0.717, 1.165) is 68.4 Å². The van der Waals surface area contributed by atoms with Crippen molar-refractivity contribution in [3.05, 3.63) is 53.9 Å². The minimum atomic E-state index is -3.62. The molecule has 4 heterocycles. The van der Waals surface area contributed by atoms with E-state index in [-0.39, 0.29) is 16.8 Å². The number of nitrogens with zero attached hydrogens (tertiary/aromatic N) is 8. The largest absolute Gasteiger partial charge is 0.494 e. The van der Waals surface area contributed by atoms with Crippen LogP contribution in [-0.2, 0) is 10.0 Å². The Bertz CT molecular complexity index is 1810. The lowest BCUT2D eigenvalue weighted by atomic mass is 10.0. The summed E-state index contributed by atoms with van der Waals surface area (Å²) in [5.74, 6) is 1.23. The van der Waals surface area contributed by atoms with E-state index in [0.29, 0.717) is 39.9 Å². The van der Waals surface area contributed by atoms with E-state index in [2.05, 4.69) is 58.4 Å². The summed E-state index contributed by atoms with van der Waals surface area (Å²) in [7, 11) is 1.67. The number of fused-ring (bicyclic) bond motifs is 1. The van der Waals surface area contributed by atoms with Gasteiger partial charge >= 0.3 is 0 Å². The van der Waals surface area contributed by atoms with E-state index >= 15 is 0 Å². The van der Waals surface area contributed by atoms with Crippen molar-refractivity contribution < 1.29 is 13.2 Å². The maximum atomic E-state index is 12.5. The number of piperazine rings is 1. The normalized spacial score (nSPS) is 16.8. The lowest BCUT2D eigenvalue weighted by Crippen LogP contribution is -2.52. The van der Waals surface area contributed by atoms with Gasteiger partial charge in [-0.25, -0.2) is 13.4 Å². The zero-order valence-electron chi connectivity index (χ0n) is 26.4. The molecule has 2 aliphatic heterocycles. The van der Waals surface area contributed by atoms with Crippen molar-refractivity contribution in [2.45, 2.75) is 18.9 Å². The second kappa shape index (κ2) is 13.4. The van der Waals surface area contributed by atoms with Gasteiger partial charge in [-0.05, 0) is 44.2 Å². The van der Waals surface area contributed by atoms with E-state index in [1.54, 1.807) is 25.4 Å². The molecule has 0 aliphatic carbocycles. The molecule has 0 bridgehead atoms. The van der Waals surface area contributed by atoms with Gasteiger partial charge in [-0.1, -0.05) is 11.6 Å². The summed E-state index contributed by atoms with van der Waals surface area (Å²) < 4.78 is 32.0. The third kappa shape index (κ3) is 6.89. The van der Waals surface area contributed by atoms with Crippen LogP contribution in [0.2, 0.25) is 5.02 Å². The second-order valence-electron chi connectivity index (χ2n) is 11.7. The molecule has 6 rings (SSSR count). The quantitative estimate of drug-likeness (QED) is 0.266. The zero-order valence-corrected chi connectivity index (χ0v) is 28.0. The first kappa shape index (κ1) is 32.0. The fraction of sp³-hybridized carbons (Fsp3) is 0.419. The van der Waals surface area contributed by atoms with Crippen LogP contribution in [0.25, 0.3) is 11.0 Å². The van der Waals surface area contributed by atoms with Gasteiger partial charge in [-0.15, -0.1) is 0 Å². The number of hydrogen-bond acceptors (Lipinski definition) is 12. The van der Waals surface area contributed by atoms with Crippen LogP contribution >= 0.6 is 11.6 Å². The molecule has 0 unspecified atom stereocenters. The van der Waals surface area contributed by atoms with Crippen molar-refractivity contribution in [3.8, 4) is 5.75 Å². The fourth-order valence-corrected chi connectivity index (χ4v) is 6.68. The number of aromatic nitrogens is 4. The van der Waals surface area contributed by atoms with Crippen LogP contribution in [0.15, 0.2) is 48.9 Å². The van der Waals surface area contributed by atoms with E-state index in [1.807, 2.05) is 12.1 Å². The first-order chi connectivity index (χ1) is 22.1. The molecule has 4 aromatic rings. The van der Waals surface area contributed by atoms with Crippen LogP contribution in [-0.4, -0.2) is 111 Å². The third-order valence-corrected chi connectivity index (χ3v) is 10.2. The minimum Gasteiger partial charge on any atom is -0.494 e. The predicted molar refractivity (Wildman–Crippen MR) is 184 cm³/mol. The van der Waals surface area contributed by atoms with Crippen molar-refractivity contribution >= 4 is 67.2 Å². The SMILES string of the molecule is COc1cc(N2CCC(N3CCN(C)CC3)CC2)ccc1Nc1ncc(Cl)c(Nc2ccc3nccnc3c2N(C)S(C)(=O)=O)n1. The lowest BCUT2D eigenvalue weighted by Gasteiger charge is -2.42. The number of ether oxygens (including phenoxy) is 1. The predicted octanol–water partition coefficient (Wildman–Crippen LogP) is 4.18. The van der Waals surface area contributed by atoms with Crippen molar-refractivity contribution in [1.29, 1.82) is 0 Å². The van der Waals surface area contributed by atoms with E-state index in [4.69, 9.17) is 16.3 Å². The molecule has 2 fully saturated rings. The monoisotopic (exact) mass is 666 g/mol. The molecule has 13 nitrogen and oxygen atoms in total. The highest BCUT2D eigenvalue weighted by Crippen LogP contribution is 2.37. The van der Waals surface area contributed by atoms with Crippen LogP contribution in [0.1, 0.15) is 12.8 Å². The third-order valence-electron chi connectivity index (χ3n) is 8.74. The van der Waals surface area contributed by atoms with Crippen LogP contribution in [0.4, 0.5) is 34.5 Å². The van der Waals surface area contributed by atoms with Crippen LogP contribution in [0.5, 0.6) is 5.75 Å². The Morgan fingerprint density at radius 2 is 1.67 bits per heavy atom. The van der Waals surface area contributed by atoms with E-state index < -0.39 is 10.0 Å². The molecular weight excluding hydrogens is 628 g/mol. The highest BCUT2D eigenvalue weighted by molar-refractivity contribution is 7.92. The summed E-state index contributed by atoms with van der Waals surface area (Å²) in [4.78, 5) is 25.2. The number of nitrogens with one attached hydrogen (secondary N) is 2. The van der Waals surface area contributed by atoms with E-state index in [1.165, 1.54) is 19.4 Å². The Labute approximate surface area is 274 Å². The van der Waals surface area contributed by atoms with Gasteiger partial charge in [0.05, 0.1) is 36.5 Å². The number of hydrogen-bond donors (Lipinski definition) is 2. The van der Waals surface area contributed by atoms with Crippen LogP contribution in [0, 0.1) is 0 Å². The van der Waals surface area contributed by atoms with Crippen molar-refractivity contribution in [2.75, 3.05) is 86.6 Å². The zero-order chi connectivity index (χ0) is 32.4. The number of halogens is 1. The highest BCUT2D eigenvalue weighted by atomic mass is 35.5. The minimum absolute atomic E-state index is 0.250. The molecular formula is C31H39ClN10O3S. The van der Waals surface area contributed by atoms with Gasteiger partial charge in [0.2, 0.25) is 16.0 Å². The standard InChI is InChI=1S/C31H39ClN10O3S/c1-39-15-17-42(18-16-39)21-9-13-41(14-10-21)22-5-6-24(27(19-22)45-3)37-31-35-20-23(32)30(38-31)36-26-8-7-25-28(34-12-11-33-25)29(26)40(2)46(4,43)44/h5-8,11-12,19-21H,9-10,13-18H2,1-4H3,(H2,35,36,37,38). The van der Waals surface area contributed by atoms with Gasteiger partial charge in [0.15, 0.2) is 5.82 Å². The topological polar surface area (TPSA) is 132 Å². The summed E-state index contributed by atoms with van der Waals surface area (Å²) in [5, 5.41) is 6.68. The summed E-state index contributed by atoms with van der Waals surface area (Å²) in [6.45, 7) is 6.57. The van der Waals surface area contributed by atoms with Gasteiger partial charge in [-0.2, -0.15) is 4.98 Å². The Hall–Kier alpha value is -3.98. The lowest BCUT2D eigenvalue weighted by molar-refractivity contribution is 0.0982. The molecule has 244 valence electrons. The summed E-state index contributed by atoms with van der Waals surface area (Å²) in [6.07, 6.45) is 7.96. The molecule has 2 aromatic carbocycles. The Morgan fingerprint density at radius 1 is 0.957 bits per heavy atom. The Balaban J connectivity index is 1.19. The van der Waals surface area contributed by atoms with E-state index in [9.17, 15) is 8.42 Å². The number of methoxy groups -OCH3 is 1. The maximum absolute atomic E-state index is 12.5. The molecule has 0 atom stereocenters. The molecule has 2 aliphatic rings. The number of sulfonamides is 1. The van der Waals surface area contributed by atoms with Crippen LogP contribution in [0.3, 0.4) is 0 Å². The number of anilines is 6. The first-order valence-corrected chi connectivity index (χ1v) is 17.4. The molecule has 15 heteroatoms. The Morgan fingerprint density at radius 3 is 2.39 bits per heavy atom. The van der Waals surface area contributed by atoms with Crippen molar-refractivity contribution in [3.63, 3.8) is 0 Å². The molecule has 2 saturated heterocycles. The van der Waals surface area contributed by atoms with Crippen LogP contribution < -0.4 is 24.6 Å². The molecule has 0 saturated carbocycles. The molecule has 0 radical (unpaired) electrons. The van der Waals surface area contributed by atoms with Crippen molar-refractivity contribution in [2.24, 2.45) is 0 Å². The first-order valence-electron chi connectivity index (χ1n) is 15.2. The average Bonchev–Trinajstić information content (AvgIpc) is 3.06. The van der Waals surface area contributed by atoms with Gasteiger partial charge < -0.3 is 25.2 Å².